The van der Waals surface area contributed by atoms with Crippen LogP contribution in [0, 0.1) is 12.3 Å². The molecule has 5 rings (SSSR count). The summed E-state index contributed by atoms with van der Waals surface area (Å²) in [5.74, 6) is 0. The van der Waals surface area contributed by atoms with Gasteiger partial charge in [-0.2, -0.15) is 13.2 Å². The first-order valence-corrected chi connectivity index (χ1v) is 11.6. The molecule has 3 aromatic carbocycles. The molecule has 2 aliphatic rings. The second-order valence-corrected chi connectivity index (χ2v) is 10.1. The maximum absolute atomic E-state index is 14.4. The van der Waals surface area contributed by atoms with Crippen molar-refractivity contribution in [1.82, 2.24) is 0 Å². The predicted molar refractivity (Wildman–Crippen MR) is 133 cm³/mol. The average Bonchev–Trinajstić information content (AvgIpc) is 3.14. The molecule has 0 saturated carbocycles. The van der Waals surface area contributed by atoms with Gasteiger partial charge in [-0.1, -0.05) is 69.3 Å². The van der Waals surface area contributed by atoms with Crippen LogP contribution < -0.4 is 9.80 Å². The third-order valence-corrected chi connectivity index (χ3v) is 8.06. The zero-order chi connectivity index (χ0) is 24.5. The van der Waals surface area contributed by atoms with Gasteiger partial charge >= 0.3 is 6.18 Å². The highest BCUT2D eigenvalue weighted by atomic mass is 19.4. The lowest BCUT2D eigenvalue weighted by Gasteiger charge is -2.57. The molecule has 0 saturated heterocycles. The number of aryl methyl sites for hydroxylation is 1. The molecule has 0 spiro atoms. The second-order valence-electron chi connectivity index (χ2n) is 10.1. The molecule has 0 aromatic heterocycles. The monoisotopic (exact) mass is 462 g/mol. The Morgan fingerprint density at radius 3 is 2.12 bits per heavy atom. The Morgan fingerprint density at radius 2 is 1.47 bits per heavy atom. The van der Waals surface area contributed by atoms with Gasteiger partial charge in [-0.3, -0.25) is 0 Å². The van der Waals surface area contributed by atoms with Gasteiger partial charge in [0.05, 0.1) is 16.9 Å². The van der Waals surface area contributed by atoms with Crippen LogP contribution in [0.2, 0.25) is 0 Å². The fraction of sp³-hybridized carbons (Fsp3) is 0.310. The van der Waals surface area contributed by atoms with Crippen molar-refractivity contribution in [3.63, 3.8) is 0 Å². The third kappa shape index (κ3) is 2.88. The Hall–Kier alpha value is -3.21. The number of anilines is 4. The Bertz CT molecular complexity index is 1280. The van der Waals surface area contributed by atoms with E-state index >= 15 is 0 Å². The number of fused-ring (bicyclic) bond motifs is 5. The van der Waals surface area contributed by atoms with Gasteiger partial charge in [-0.05, 0) is 48.7 Å². The van der Waals surface area contributed by atoms with Gasteiger partial charge in [0.15, 0.2) is 0 Å². The summed E-state index contributed by atoms with van der Waals surface area (Å²) in [6, 6.07) is 20.4. The number of benzene rings is 3. The van der Waals surface area contributed by atoms with E-state index in [1.807, 2.05) is 66.4 Å². The number of para-hydroxylation sites is 3. The molecule has 0 N–H and O–H groups in total. The Labute approximate surface area is 199 Å². The van der Waals surface area contributed by atoms with Crippen LogP contribution in [0.1, 0.15) is 43.9 Å². The average molecular weight is 463 g/mol. The van der Waals surface area contributed by atoms with Crippen molar-refractivity contribution in [3.05, 3.63) is 96.1 Å². The van der Waals surface area contributed by atoms with E-state index in [-0.39, 0.29) is 17.3 Å². The van der Waals surface area contributed by atoms with Crippen LogP contribution in [0.3, 0.4) is 0 Å². The largest absolute Gasteiger partial charge is 0.418 e. The second kappa shape index (κ2) is 7.39. The zero-order valence-electron chi connectivity index (χ0n) is 19.9. The number of nitrogens with zero attached hydrogens (tertiary/aromatic N) is 2. The Balaban J connectivity index is 1.91. The van der Waals surface area contributed by atoms with Crippen molar-refractivity contribution in [2.75, 3.05) is 9.80 Å². The molecule has 0 radical (unpaired) electrons. The highest BCUT2D eigenvalue weighted by Crippen LogP contribution is 2.64. The van der Waals surface area contributed by atoms with Crippen molar-refractivity contribution in [3.8, 4) is 0 Å². The van der Waals surface area contributed by atoms with Crippen LogP contribution in [0.25, 0.3) is 0 Å². The van der Waals surface area contributed by atoms with Gasteiger partial charge in [0.25, 0.3) is 0 Å². The fourth-order valence-electron chi connectivity index (χ4n) is 6.01. The standard InChI is InChI=1S/C29H29F3N2/c1-6-18-28(5)20-13-8-10-16-23(20)33-24-17-11-14-21(29(30,31)32)25(24)34(26(33)27(28,3)4)22-15-9-7-12-19(22)2/h6-17,26H,1,18H2,2-5H3. The van der Waals surface area contributed by atoms with Crippen molar-refractivity contribution in [1.29, 1.82) is 0 Å². The summed E-state index contributed by atoms with van der Waals surface area (Å²) in [4.78, 5) is 4.06. The first-order valence-electron chi connectivity index (χ1n) is 11.6. The van der Waals surface area contributed by atoms with Crippen LogP contribution in [0.4, 0.5) is 35.9 Å². The highest BCUT2D eigenvalue weighted by Gasteiger charge is 2.60. The van der Waals surface area contributed by atoms with E-state index in [9.17, 15) is 13.2 Å². The van der Waals surface area contributed by atoms with E-state index < -0.39 is 17.2 Å². The first-order chi connectivity index (χ1) is 16.0. The SMILES string of the molecule is C=CCC1(C)c2ccccc2N2c3cccc(C(F)(F)F)c3N(c3ccccc3C)C2C1(C)C. The predicted octanol–water partition coefficient (Wildman–Crippen LogP) is 8.50. The van der Waals surface area contributed by atoms with Gasteiger partial charge in [0.1, 0.15) is 6.17 Å². The molecule has 2 nitrogen and oxygen atoms in total. The molecule has 2 heterocycles. The topological polar surface area (TPSA) is 6.48 Å². The molecule has 3 aromatic rings. The lowest BCUT2D eigenvalue weighted by atomic mass is 9.57. The van der Waals surface area contributed by atoms with E-state index in [0.717, 1.165) is 22.5 Å². The van der Waals surface area contributed by atoms with Crippen molar-refractivity contribution in [2.45, 2.75) is 51.9 Å². The van der Waals surface area contributed by atoms with E-state index in [2.05, 4.69) is 38.3 Å². The summed E-state index contributed by atoms with van der Waals surface area (Å²) in [5, 5.41) is 0. The van der Waals surface area contributed by atoms with Crippen molar-refractivity contribution in [2.24, 2.45) is 5.41 Å². The van der Waals surface area contributed by atoms with Gasteiger partial charge in [-0.25, -0.2) is 0 Å². The molecule has 2 atom stereocenters. The summed E-state index contributed by atoms with van der Waals surface area (Å²) in [6.45, 7) is 12.6. The van der Waals surface area contributed by atoms with E-state index in [0.29, 0.717) is 12.1 Å². The maximum atomic E-state index is 14.4. The molecule has 34 heavy (non-hydrogen) atoms. The number of hydrogen-bond acceptors (Lipinski definition) is 2. The lowest BCUT2D eigenvalue weighted by molar-refractivity contribution is -0.137. The highest BCUT2D eigenvalue weighted by molar-refractivity contribution is 5.93. The molecular formula is C29H29F3N2. The van der Waals surface area contributed by atoms with Gasteiger partial charge in [0.2, 0.25) is 0 Å². The van der Waals surface area contributed by atoms with Crippen LogP contribution in [-0.2, 0) is 11.6 Å². The maximum Gasteiger partial charge on any atom is 0.418 e. The number of rotatable bonds is 3. The smallest absolute Gasteiger partial charge is 0.317 e. The fourth-order valence-corrected chi connectivity index (χ4v) is 6.01. The molecule has 176 valence electrons. The lowest BCUT2D eigenvalue weighted by Crippen LogP contribution is -2.61. The van der Waals surface area contributed by atoms with Gasteiger partial charge < -0.3 is 9.80 Å². The Kier molecular flexibility index (Phi) is 4.91. The van der Waals surface area contributed by atoms with E-state index in [1.54, 1.807) is 0 Å². The van der Waals surface area contributed by atoms with Crippen LogP contribution in [0.15, 0.2) is 79.4 Å². The van der Waals surface area contributed by atoms with E-state index in [4.69, 9.17) is 0 Å². The minimum Gasteiger partial charge on any atom is -0.317 e. The van der Waals surface area contributed by atoms with Crippen molar-refractivity contribution >= 4 is 22.7 Å². The van der Waals surface area contributed by atoms with Crippen molar-refractivity contribution < 1.29 is 13.2 Å². The summed E-state index contributed by atoms with van der Waals surface area (Å²) >= 11 is 0. The molecule has 5 heteroatoms. The molecule has 0 fully saturated rings. The molecule has 0 bridgehead atoms. The molecule has 0 aliphatic carbocycles. The third-order valence-electron chi connectivity index (χ3n) is 8.06. The minimum atomic E-state index is -4.48. The summed E-state index contributed by atoms with van der Waals surface area (Å²) in [5.41, 5.74) is 3.23. The Morgan fingerprint density at radius 1 is 0.853 bits per heavy atom. The van der Waals surface area contributed by atoms with Crippen LogP contribution in [0.5, 0.6) is 0 Å². The number of alkyl halides is 3. The van der Waals surface area contributed by atoms with Crippen LogP contribution in [-0.4, -0.2) is 6.17 Å². The molecule has 2 unspecified atom stereocenters. The summed E-state index contributed by atoms with van der Waals surface area (Å²) < 4.78 is 43.2. The van der Waals surface area contributed by atoms with Gasteiger partial charge in [-0.15, -0.1) is 6.58 Å². The summed E-state index contributed by atoms with van der Waals surface area (Å²) in [7, 11) is 0. The summed E-state index contributed by atoms with van der Waals surface area (Å²) in [6.07, 6.45) is -2.19. The van der Waals surface area contributed by atoms with E-state index in [1.165, 1.54) is 12.1 Å². The first kappa shape index (κ1) is 22.6. The quantitative estimate of drug-likeness (QED) is 0.360. The van der Waals surface area contributed by atoms with Crippen LogP contribution >= 0.6 is 0 Å². The number of hydrogen-bond donors (Lipinski definition) is 0. The number of halogens is 3. The number of allylic oxidation sites excluding steroid dienone is 1. The molecule has 0 amide bonds. The molecular weight excluding hydrogens is 433 g/mol. The molecule has 2 aliphatic heterocycles. The normalized spacial score (nSPS) is 22.7. The minimum absolute atomic E-state index is 0.222. The van der Waals surface area contributed by atoms with Gasteiger partial charge in [0, 0.05) is 22.2 Å². The zero-order valence-corrected chi connectivity index (χ0v) is 19.9.